The molecular formula is C8H14O2. The molecule has 1 heterocycles. The molecule has 0 aliphatic carbocycles. The molecule has 0 aromatic rings. The van der Waals surface area contributed by atoms with Gasteiger partial charge in [-0.25, -0.2) is 0 Å². The highest BCUT2D eigenvalue weighted by Gasteiger charge is 2.35. The van der Waals surface area contributed by atoms with Crippen molar-refractivity contribution in [2.24, 2.45) is 5.41 Å². The first-order chi connectivity index (χ1) is 4.69. The predicted octanol–water partition coefficient (Wildman–Crippen LogP) is 1.74. The van der Waals surface area contributed by atoms with Crippen LogP contribution in [0.2, 0.25) is 0 Å². The number of hydrogen-bond donors (Lipinski definition) is 0. The Labute approximate surface area is 61.6 Å². The number of ether oxygens (including phenoxy) is 1. The first-order valence-corrected chi connectivity index (χ1v) is 3.86. The molecule has 1 aliphatic heterocycles. The van der Waals surface area contributed by atoms with E-state index in [0.717, 1.165) is 19.3 Å². The molecule has 1 rings (SSSR count). The number of carbonyl (C=O) groups excluding carboxylic acids is 1. The van der Waals surface area contributed by atoms with E-state index in [0.29, 0.717) is 6.61 Å². The summed E-state index contributed by atoms with van der Waals surface area (Å²) in [6.07, 6.45) is 2.91. The van der Waals surface area contributed by atoms with Crippen LogP contribution in [0.3, 0.4) is 0 Å². The van der Waals surface area contributed by atoms with Gasteiger partial charge in [0.05, 0.1) is 12.0 Å². The van der Waals surface area contributed by atoms with Crippen molar-refractivity contribution in [3.8, 4) is 0 Å². The van der Waals surface area contributed by atoms with Gasteiger partial charge in [-0.15, -0.1) is 0 Å². The zero-order chi connectivity index (χ0) is 7.61. The van der Waals surface area contributed by atoms with Crippen molar-refractivity contribution in [1.29, 1.82) is 0 Å². The van der Waals surface area contributed by atoms with Crippen LogP contribution in [0.15, 0.2) is 0 Å². The molecule has 10 heavy (non-hydrogen) atoms. The lowest BCUT2D eigenvalue weighted by atomic mass is 9.82. The van der Waals surface area contributed by atoms with Crippen molar-refractivity contribution in [2.45, 2.75) is 33.1 Å². The van der Waals surface area contributed by atoms with Crippen molar-refractivity contribution in [3.63, 3.8) is 0 Å². The van der Waals surface area contributed by atoms with E-state index < -0.39 is 0 Å². The third-order valence-corrected chi connectivity index (χ3v) is 2.38. The van der Waals surface area contributed by atoms with Crippen molar-refractivity contribution in [2.75, 3.05) is 6.61 Å². The van der Waals surface area contributed by atoms with Gasteiger partial charge < -0.3 is 4.74 Å². The maximum absolute atomic E-state index is 11.1. The average molecular weight is 142 g/mol. The largest absolute Gasteiger partial charge is 0.465 e. The second-order valence-electron chi connectivity index (χ2n) is 3.15. The number of hydrogen-bond acceptors (Lipinski definition) is 2. The van der Waals surface area contributed by atoms with Gasteiger partial charge in [0.25, 0.3) is 0 Å². The minimum atomic E-state index is -0.182. The molecule has 1 unspecified atom stereocenters. The van der Waals surface area contributed by atoms with Gasteiger partial charge in [-0.3, -0.25) is 4.79 Å². The van der Waals surface area contributed by atoms with Crippen molar-refractivity contribution >= 4 is 5.97 Å². The normalized spacial score (nSPS) is 33.6. The Bertz CT molecular complexity index is 142. The topological polar surface area (TPSA) is 26.3 Å². The molecule has 1 saturated heterocycles. The summed E-state index contributed by atoms with van der Waals surface area (Å²) in [7, 11) is 0. The lowest BCUT2D eigenvalue weighted by Crippen LogP contribution is -2.33. The van der Waals surface area contributed by atoms with E-state index in [1.165, 1.54) is 0 Å². The fourth-order valence-corrected chi connectivity index (χ4v) is 1.22. The Morgan fingerprint density at radius 1 is 1.70 bits per heavy atom. The van der Waals surface area contributed by atoms with Gasteiger partial charge in [0.15, 0.2) is 0 Å². The van der Waals surface area contributed by atoms with Gasteiger partial charge in [-0.05, 0) is 26.2 Å². The van der Waals surface area contributed by atoms with Crippen LogP contribution in [0.1, 0.15) is 33.1 Å². The standard InChI is InChI=1S/C8H14O2/c1-3-8(2)5-4-6-10-7(8)9/h3-6H2,1-2H3. The summed E-state index contributed by atoms with van der Waals surface area (Å²) in [6.45, 7) is 4.63. The van der Waals surface area contributed by atoms with Gasteiger partial charge in [0.2, 0.25) is 0 Å². The highest BCUT2D eigenvalue weighted by Crippen LogP contribution is 2.32. The van der Waals surface area contributed by atoms with Crippen LogP contribution < -0.4 is 0 Å². The maximum atomic E-state index is 11.1. The van der Waals surface area contributed by atoms with E-state index in [1.54, 1.807) is 0 Å². The second kappa shape index (κ2) is 2.60. The summed E-state index contributed by atoms with van der Waals surface area (Å²) in [5, 5.41) is 0. The highest BCUT2D eigenvalue weighted by atomic mass is 16.5. The van der Waals surface area contributed by atoms with Crippen LogP contribution in [-0.2, 0) is 9.53 Å². The number of rotatable bonds is 1. The summed E-state index contributed by atoms with van der Waals surface area (Å²) >= 11 is 0. The molecule has 1 fully saturated rings. The minimum Gasteiger partial charge on any atom is -0.465 e. The molecule has 2 heteroatoms. The van der Waals surface area contributed by atoms with E-state index >= 15 is 0 Å². The Balaban J connectivity index is 2.63. The van der Waals surface area contributed by atoms with Gasteiger partial charge >= 0.3 is 5.97 Å². The van der Waals surface area contributed by atoms with Gasteiger partial charge in [-0.2, -0.15) is 0 Å². The molecule has 0 saturated carbocycles. The Morgan fingerprint density at radius 2 is 2.40 bits per heavy atom. The molecule has 1 aliphatic rings. The van der Waals surface area contributed by atoms with E-state index in [9.17, 15) is 4.79 Å². The predicted molar refractivity (Wildman–Crippen MR) is 38.6 cm³/mol. The molecule has 0 aromatic heterocycles. The fraction of sp³-hybridized carbons (Fsp3) is 0.875. The summed E-state index contributed by atoms with van der Waals surface area (Å²) in [5.41, 5.74) is -0.182. The molecule has 0 aromatic carbocycles. The number of esters is 1. The van der Waals surface area contributed by atoms with Crippen LogP contribution in [-0.4, -0.2) is 12.6 Å². The molecule has 0 bridgehead atoms. The first kappa shape index (κ1) is 7.58. The minimum absolute atomic E-state index is 0.0127. The Kier molecular flexibility index (Phi) is 1.97. The van der Waals surface area contributed by atoms with E-state index in [2.05, 4.69) is 0 Å². The summed E-state index contributed by atoms with van der Waals surface area (Å²) in [6, 6.07) is 0. The molecule has 58 valence electrons. The third kappa shape index (κ3) is 1.15. The lowest BCUT2D eigenvalue weighted by Gasteiger charge is -2.29. The average Bonchev–Trinajstić information content (AvgIpc) is 1.96. The molecule has 0 amide bonds. The SMILES string of the molecule is CCC1(C)CCCOC1=O. The van der Waals surface area contributed by atoms with Crippen LogP contribution in [0.5, 0.6) is 0 Å². The highest BCUT2D eigenvalue weighted by molar-refractivity contribution is 5.76. The first-order valence-electron chi connectivity index (χ1n) is 3.86. The zero-order valence-corrected chi connectivity index (χ0v) is 6.64. The van der Waals surface area contributed by atoms with Gasteiger partial charge in [-0.1, -0.05) is 6.92 Å². The van der Waals surface area contributed by atoms with Crippen LogP contribution in [0.25, 0.3) is 0 Å². The maximum Gasteiger partial charge on any atom is 0.311 e. The van der Waals surface area contributed by atoms with Crippen molar-refractivity contribution in [1.82, 2.24) is 0 Å². The number of carbonyl (C=O) groups is 1. The smallest absolute Gasteiger partial charge is 0.311 e. The van der Waals surface area contributed by atoms with Crippen molar-refractivity contribution in [3.05, 3.63) is 0 Å². The Hall–Kier alpha value is -0.530. The quantitative estimate of drug-likeness (QED) is 0.521. The molecule has 0 N–H and O–H groups in total. The number of cyclic esters (lactones) is 1. The van der Waals surface area contributed by atoms with E-state index in [4.69, 9.17) is 4.74 Å². The van der Waals surface area contributed by atoms with Crippen molar-refractivity contribution < 1.29 is 9.53 Å². The monoisotopic (exact) mass is 142 g/mol. The van der Waals surface area contributed by atoms with Crippen LogP contribution in [0, 0.1) is 5.41 Å². The van der Waals surface area contributed by atoms with Crippen LogP contribution in [0.4, 0.5) is 0 Å². The molecule has 2 nitrogen and oxygen atoms in total. The lowest BCUT2D eigenvalue weighted by molar-refractivity contribution is -0.161. The van der Waals surface area contributed by atoms with E-state index in [-0.39, 0.29) is 11.4 Å². The second-order valence-corrected chi connectivity index (χ2v) is 3.15. The van der Waals surface area contributed by atoms with E-state index in [1.807, 2.05) is 13.8 Å². The third-order valence-electron chi connectivity index (χ3n) is 2.38. The summed E-state index contributed by atoms with van der Waals surface area (Å²) in [4.78, 5) is 11.1. The zero-order valence-electron chi connectivity index (χ0n) is 6.64. The molecule has 1 atom stereocenters. The van der Waals surface area contributed by atoms with Gasteiger partial charge in [0.1, 0.15) is 0 Å². The molecule has 0 spiro atoms. The Morgan fingerprint density at radius 3 is 2.80 bits per heavy atom. The van der Waals surface area contributed by atoms with Gasteiger partial charge in [0, 0.05) is 0 Å². The molecule has 0 radical (unpaired) electrons. The fourth-order valence-electron chi connectivity index (χ4n) is 1.22. The summed E-state index contributed by atoms with van der Waals surface area (Å²) in [5.74, 6) is -0.0127. The van der Waals surface area contributed by atoms with Crippen LogP contribution >= 0.6 is 0 Å². The summed E-state index contributed by atoms with van der Waals surface area (Å²) < 4.78 is 4.95. The molecular weight excluding hydrogens is 128 g/mol.